The first-order valence-electron chi connectivity index (χ1n) is 10.7. The zero-order chi connectivity index (χ0) is 18.9. The van der Waals surface area contributed by atoms with Crippen LogP contribution in [0, 0.1) is 34.5 Å². The van der Waals surface area contributed by atoms with Gasteiger partial charge in [0.05, 0.1) is 6.10 Å². The second-order valence-corrected chi connectivity index (χ2v) is 10.6. The van der Waals surface area contributed by atoms with Crippen molar-refractivity contribution < 1.29 is 9.90 Å². The monoisotopic (exact) mass is 359 g/mol. The number of hydrogen-bond acceptors (Lipinski definition) is 3. The third kappa shape index (κ3) is 2.49. The molecule has 0 saturated heterocycles. The second kappa shape index (κ2) is 6.17. The van der Waals surface area contributed by atoms with E-state index >= 15 is 0 Å². The number of aliphatic hydroxyl groups is 1. The Morgan fingerprint density at radius 1 is 1.15 bits per heavy atom. The van der Waals surface area contributed by atoms with E-state index in [0.717, 1.165) is 18.8 Å². The van der Waals surface area contributed by atoms with Crippen molar-refractivity contribution in [1.29, 1.82) is 0 Å². The fourth-order valence-corrected chi connectivity index (χ4v) is 7.73. The van der Waals surface area contributed by atoms with Crippen LogP contribution in [0.2, 0.25) is 0 Å². The molecule has 1 N–H and O–H groups in total. The summed E-state index contributed by atoms with van der Waals surface area (Å²) in [7, 11) is 4.43. The van der Waals surface area contributed by atoms with Crippen LogP contribution in [0.15, 0.2) is 11.6 Å². The van der Waals surface area contributed by atoms with Crippen molar-refractivity contribution in [2.75, 3.05) is 14.1 Å². The van der Waals surface area contributed by atoms with Crippen LogP contribution in [-0.2, 0) is 4.79 Å². The van der Waals surface area contributed by atoms with Crippen LogP contribution in [0.25, 0.3) is 0 Å². The highest BCUT2D eigenvalue weighted by molar-refractivity contribution is 5.85. The minimum Gasteiger partial charge on any atom is -0.393 e. The summed E-state index contributed by atoms with van der Waals surface area (Å²) in [6.07, 6.45) is 10.1. The lowest BCUT2D eigenvalue weighted by atomic mass is 9.47. The van der Waals surface area contributed by atoms with Crippen LogP contribution in [0.4, 0.5) is 0 Å². The normalized spacial score (nSPS) is 49.3. The number of Topliss-reactive ketones (excluding diaryl/α,β-unsaturated/α-hetero) is 1. The summed E-state index contributed by atoms with van der Waals surface area (Å²) < 4.78 is 0. The number of rotatable bonds is 2. The lowest BCUT2D eigenvalue weighted by molar-refractivity contribution is -0.127. The molecule has 0 unspecified atom stereocenters. The lowest BCUT2D eigenvalue weighted by Crippen LogP contribution is -2.52. The third-order valence-electron chi connectivity index (χ3n) is 9.21. The van der Waals surface area contributed by atoms with Gasteiger partial charge in [-0.15, -0.1) is 0 Å². The van der Waals surface area contributed by atoms with E-state index in [2.05, 4.69) is 38.9 Å². The number of aliphatic hydroxyl groups excluding tert-OH is 1. The number of fused-ring (bicyclic) bond motifs is 5. The summed E-state index contributed by atoms with van der Waals surface area (Å²) in [5.74, 6) is 2.00. The van der Waals surface area contributed by atoms with Gasteiger partial charge < -0.3 is 10.0 Å². The number of carbonyl (C=O) groups is 1. The minimum atomic E-state index is -0.505. The Balaban J connectivity index is 1.64. The van der Waals surface area contributed by atoms with Crippen LogP contribution in [0.1, 0.15) is 65.7 Å². The fourth-order valence-electron chi connectivity index (χ4n) is 7.73. The molecule has 3 nitrogen and oxygen atoms in total. The van der Waals surface area contributed by atoms with E-state index in [0.29, 0.717) is 35.5 Å². The topological polar surface area (TPSA) is 40.5 Å². The van der Waals surface area contributed by atoms with Gasteiger partial charge in [-0.2, -0.15) is 0 Å². The molecular weight excluding hydrogens is 322 g/mol. The van der Waals surface area contributed by atoms with Crippen molar-refractivity contribution in [2.24, 2.45) is 34.5 Å². The summed E-state index contributed by atoms with van der Waals surface area (Å²) in [5.41, 5.74) is 2.04. The van der Waals surface area contributed by atoms with Crippen LogP contribution < -0.4 is 0 Å². The Kier molecular flexibility index (Phi) is 4.43. The molecule has 0 amide bonds. The quantitative estimate of drug-likeness (QED) is 0.756. The highest BCUT2D eigenvalue weighted by Gasteiger charge is 2.61. The molecule has 0 aromatic carbocycles. The molecule has 4 aliphatic carbocycles. The van der Waals surface area contributed by atoms with Gasteiger partial charge >= 0.3 is 0 Å². The van der Waals surface area contributed by atoms with Gasteiger partial charge in [-0.1, -0.05) is 25.5 Å². The van der Waals surface area contributed by atoms with Gasteiger partial charge in [0.15, 0.2) is 0 Å². The Bertz CT molecular complexity index is 624. The van der Waals surface area contributed by atoms with Gasteiger partial charge in [-0.3, -0.25) is 4.79 Å². The smallest absolute Gasteiger partial charge is 0.139 e. The summed E-state index contributed by atoms with van der Waals surface area (Å²) in [6, 6.07) is 0.687. The number of allylic oxidation sites excluding steroid dienone is 1. The molecule has 0 spiro atoms. The molecular formula is C23H37NO2. The summed E-state index contributed by atoms with van der Waals surface area (Å²) >= 11 is 0. The first-order chi connectivity index (χ1) is 12.2. The molecule has 8 atom stereocenters. The molecule has 3 saturated carbocycles. The molecule has 0 radical (unpaired) electrons. The van der Waals surface area contributed by atoms with Crippen LogP contribution in [-0.4, -0.2) is 42.0 Å². The molecule has 4 aliphatic rings. The maximum atomic E-state index is 12.8. The van der Waals surface area contributed by atoms with Crippen molar-refractivity contribution in [1.82, 2.24) is 4.90 Å². The molecule has 26 heavy (non-hydrogen) atoms. The highest BCUT2D eigenvalue weighted by Crippen LogP contribution is 2.66. The number of nitrogens with zero attached hydrogens (tertiary/aromatic N) is 1. The van der Waals surface area contributed by atoms with Crippen molar-refractivity contribution in [3.8, 4) is 0 Å². The van der Waals surface area contributed by atoms with Crippen LogP contribution in [0.5, 0.6) is 0 Å². The molecule has 0 aliphatic heterocycles. The first kappa shape index (κ1) is 18.7. The summed E-state index contributed by atoms with van der Waals surface area (Å²) in [5, 5.41) is 10.3. The average Bonchev–Trinajstić information content (AvgIpc) is 2.84. The van der Waals surface area contributed by atoms with Gasteiger partial charge in [0.25, 0.3) is 0 Å². The Morgan fingerprint density at radius 2 is 1.88 bits per heavy atom. The Morgan fingerprint density at radius 3 is 2.54 bits per heavy atom. The maximum absolute atomic E-state index is 12.8. The Labute approximate surface area is 159 Å². The van der Waals surface area contributed by atoms with Gasteiger partial charge in [0, 0.05) is 18.4 Å². The molecule has 0 aromatic rings. The van der Waals surface area contributed by atoms with E-state index in [1.807, 2.05) is 6.92 Å². The highest BCUT2D eigenvalue weighted by atomic mass is 16.3. The van der Waals surface area contributed by atoms with Gasteiger partial charge in [0.2, 0.25) is 0 Å². The molecule has 0 bridgehead atoms. The third-order valence-corrected chi connectivity index (χ3v) is 9.21. The van der Waals surface area contributed by atoms with Gasteiger partial charge in [-0.05, 0) is 88.1 Å². The number of hydrogen-bond donors (Lipinski definition) is 1. The minimum absolute atomic E-state index is 0.00889. The van der Waals surface area contributed by atoms with Crippen molar-refractivity contribution in [3.05, 3.63) is 11.6 Å². The Hall–Kier alpha value is -0.670. The van der Waals surface area contributed by atoms with E-state index in [-0.39, 0.29) is 11.3 Å². The average molecular weight is 360 g/mol. The van der Waals surface area contributed by atoms with Gasteiger partial charge in [-0.25, -0.2) is 0 Å². The molecule has 0 heterocycles. The van der Waals surface area contributed by atoms with E-state index in [4.69, 9.17) is 0 Å². The molecule has 3 fully saturated rings. The van der Waals surface area contributed by atoms with Gasteiger partial charge in [0.1, 0.15) is 5.78 Å². The summed E-state index contributed by atoms with van der Waals surface area (Å²) in [6.45, 7) is 6.65. The molecule has 4 rings (SSSR count). The van der Waals surface area contributed by atoms with Crippen LogP contribution in [0.3, 0.4) is 0 Å². The molecule has 146 valence electrons. The van der Waals surface area contributed by atoms with Crippen molar-refractivity contribution in [3.63, 3.8) is 0 Å². The van der Waals surface area contributed by atoms with Crippen molar-refractivity contribution >= 4 is 5.78 Å². The first-order valence-corrected chi connectivity index (χ1v) is 10.7. The predicted octanol–water partition coefficient (Wildman–Crippen LogP) is 4.06. The standard InChI is InChI=1S/C23H37NO2/c1-14(25)21-20(26)13-19-17-7-6-15-12-16(24(4)5)8-10-22(15,2)18(17)9-11-23(19,21)3/h6,14,16-19,21,25H,7-13H2,1-5H3/t14-,16-,17+,18+,19-,21-,22-,23-/m0/s1. The number of carbonyl (C=O) groups excluding carboxylic acids is 1. The van der Waals surface area contributed by atoms with E-state index < -0.39 is 6.10 Å². The zero-order valence-corrected chi connectivity index (χ0v) is 17.3. The largest absolute Gasteiger partial charge is 0.393 e. The zero-order valence-electron chi connectivity index (χ0n) is 17.3. The fraction of sp³-hybridized carbons (Fsp3) is 0.870. The SMILES string of the molecule is C[C@H](O)[C@H]1C(=O)C[C@H]2[C@@H]3CC=C4C[C@@H](N(C)C)CC[C@]4(C)[C@@H]3CC[C@]12C. The molecule has 3 heteroatoms. The second-order valence-electron chi connectivity index (χ2n) is 10.6. The van der Waals surface area contributed by atoms with Crippen molar-refractivity contribution in [2.45, 2.75) is 77.9 Å². The summed E-state index contributed by atoms with van der Waals surface area (Å²) in [4.78, 5) is 15.2. The predicted molar refractivity (Wildman–Crippen MR) is 105 cm³/mol. The van der Waals surface area contributed by atoms with E-state index in [9.17, 15) is 9.90 Å². The molecule has 0 aromatic heterocycles. The van der Waals surface area contributed by atoms with Crippen LogP contribution >= 0.6 is 0 Å². The maximum Gasteiger partial charge on any atom is 0.139 e. The van der Waals surface area contributed by atoms with E-state index in [1.165, 1.54) is 25.7 Å². The lowest BCUT2D eigenvalue weighted by Gasteiger charge is -2.58. The van der Waals surface area contributed by atoms with E-state index in [1.54, 1.807) is 5.57 Å². The number of ketones is 1.